The van der Waals surface area contributed by atoms with Crippen molar-refractivity contribution in [2.45, 2.75) is 11.3 Å². The lowest BCUT2D eigenvalue weighted by Gasteiger charge is -2.17. The largest absolute Gasteiger partial charge is 0.336 e. The summed E-state index contributed by atoms with van der Waals surface area (Å²) in [5.41, 5.74) is 0.562. The molecule has 2 rings (SSSR count). The molecule has 6 nitrogen and oxygen atoms in total. The molecule has 0 aromatic heterocycles. The summed E-state index contributed by atoms with van der Waals surface area (Å²) in [7, 11) is -2.07. The molecule has 0 aliphatic rings. The Balaban J connectivity index is 1.85. The first-order valence-corrected chi connectivity index (χ1v) is 9.88. The van der Waals surface area contributed by atoms with Crippen LogP contribution in [-0.4, -0.2) is 44.5 Å². The first-order chi connectivity index (χ1) is 12.3. The highest BCUT2D eigenvalue weighted by Crippen LogP contribution is 2.14. The lowest BCUT2D eigenvalue weighted by atomic mass is 10.3. The summed E-state index contributed by atoms with van der Waals surface area (Å²) in [6.07, 6.45) is -0.193. The number of anilines is 1. The molecule has 0 aliphatic heterocycles. The van der Waals surface area contributed by atoms with Crippen LogP contribution in [0.25, 0.3) is 0 Å². The molecule has 0 radical (unpaired) electrons. The zero-order valence-corrected chi connectivity index (χ0v) is 15.8. The Kier molecular flexibility index (Phi) is 6.76. The van der Waals surface area contributed by atoms with Gasteiger partial charge in [0.05, 0.1) is 17.2 Å². The van der Waals surface area contributed by atoms with E-state index < -0.39 is 15.7 Å². The zero-order valence-electron chi connectivity index (χ0n) is 14.2. The first-order valence-electron chi connectivity index (χ1n) is 7.85. The molecule has 0 atom stereocenters. The standard InChI is InChI=1S/C18H19ClN2O4S/c1-21(13-17(22)20-15-9-7-14(19)8-10-15)18(23)11-12-26(24,25)16-5-3-2-4-6-16/h2-10H,11-13H2,1H3,(H,20,22). The average molecular weight is 395 g/mol. The summed E-state index contributed by atoms with van der Waals surface area (Å²) in [5, 5.41) is 3.19. The van der Waals surface area contributed by atoms with Gasteiger partial charge in [-0.1, -0.05) is 29.8 Å². The van der Waals surface area contributed by atoms with Crippen molar-refractivity contribution in [1.29, 1.82) is 0 Å². The molecule has 0 saturated heterocycles. The second kappa shape index (κ2) is 8.82. The van der Waals surface area contributed by atoms with E-state index in [1.165, 1.54) is 24.1 Å². The minimum absolute atomic E-state index is 0.174. The predicted octanol–water partition coefficient (Wildman–Crippen LogP) is 2.60. The van der Waals surface area contributed by atoms with Gasteiger partial charge in [0.2, 0.25) is 11.8 Å². The molecule has 1 N–H and O–H groups in total. The summed E-state index contributed by atoms with van der Waals surface area (Å²) < 4.78 is 24.4. The van der Waals surface area contributed by atoms with Gasteiger partial charge in [-0.15, -0.1) is 0 Å². The van der Waals surface area contributed by atoms with Gasteiger partial charge in [0.15, 0.2) is 9.84 Å². The molecule has 0 bridgehead atoms. The third-order valence-electron chi connectivity index (χ3n) is 3.62. The number of hydrogen-bond donors (Lipinski definition) is 1. The van der Waals surface area contributed by atoms with E-state index in [-0.39, 0.29) is 29.5 Å². The summed E-state index contributed by atoms with van der Waals surface area (Å²) in [6.45, 7) is -0.174. The SMILES string of the molecule is CN(CC(=O)Nc1ccc(Cl)cc1)C(=O)CCS(=O)(=O)c1ccccc1. The molecule has 8 heteroatoms. The van der Waals surface area contributed by atoms with Gasteiger partial charge in [-0.05, 0) is 36.4 Å². The number of nitrogens with zero attached hydrogens (tertiary/aromatic N) is 1. The summed E-state index contributed by atoms with van der Waals surface area (Å²) in [5.74, 6) is -1.11. The van der Waals surface area contributed by atoms with E-state index in [2.05, 4.69) is 5.32 Å². The Hall–Kier alpha value is -2.38. The number of sulfone groups is 1. The summed E-state index contributed by atoms with van der Waals surface area (Å²) in [4.78, 5) is 25.5. The number of benzene rings is 2. The van der Waals surface area contributed by atoms with Gasteiger partial charge < -0.3 is 10.2 Å². The fourth-order valence-electron chi connectivity index (χ4n) is 2.20. The molecule has 0 fully saturated rings. The lowest BCUT2D eigenvalue weighted by Crippen LogP contribution is -2.35. The smallest absolute Gasteiger partial charge is 0.243 e. The Morgan fingerprint density at radius 2 is 1.65 bits per heavy atom. The summed E-state index contributed by atoms with van der Waals surface area (Å²) in [6, 6.07) is 14.5. The number of amides is 2. The zero-order chi connectivity index (χ0) is 19.2. The highest BCUT2D eigenvalue weighted by Gasteiger charge is 2.19. The molecule has 2 amide bonds. The van der Waals surface area contributed by atoms with Crippen molar-refractivity contribution < 1.29 is 18.0 Å². The van der Waals surface area contributed by atoms with Crippen molar-refractivity contribution in [2.24, 2.45) is 0 Å². The minimum Gasteiger partial charge on any atom is -0.336 e. The van der Waals surface area contributed by atoms with Crippen LogP contribution in [0.3, 0.4) is 0 Å². The van der Waals surface area contributed by atoms with Crippen LogP contribution in [0.5, 0.6) is 0 Å². The monoisotopic (exact) mass is 394 g/mol. The van der Waals surface area contributed by atoms with Crippen molar-refractivity contribution >= 4 is 38.9 Å². The van der Waals surface area contributed by atoms with Crippen LogP contribution in [0.15, 0.2) is 59.5 Å². The molecule has 0 aliphatic carbocycles. The number of nitrogens with one attached hydrogen (secondary N) is 1. The number of halogens is 1. The van der Waals surface area contributed by atoms with Crippen molar-refractivity contribution in [1.82, 2.24) is 4.90 Å². The topological polar surface area (TPSA) is 83.6 Å². The third-order valence-corrected chi connectivity index (χ3v) is 5.61. The fourth-order valence-corrected chi connectivity index (χ4v) is 3.57. The highest BCUT2D eigenvalue weighted by molar-refractivity contribution is 7.91. The van der Waals surface area contributed by atoms with Gasteiger partial charge in [-0.2, -0.15) is 0 Å². The van der Waals surface area contributed by atoms with Gasteiger partial charge >= 0.3 is 0 Å². The van der Waals surface area contributed by atoms with Gasteiger partial charge in [-0.3, -0.25) is 9.59 Å². The minimum atomic E-state index is -3.53. The maximum absolute atomic E-state index is 12.2. The molecule has 2 aromatic carbocycles. The molecular formula is C18H19ClN2O4S. The number of carbonyl (C=O) groups excluding carboxylic acids is 2. The molecule has 26 heavy (non-hydrogen) atoms. The average Bonchev–Trinajstić information content (AvgIpc) is 2.62. The fraction of sp³-hybridized carbons (Fsp3) is 0.222. The number of hydrogen-bond acceptors (Lipinski definition) is 4. The van der Waals surface area contributed by atoms with E-state index in [9.17, 15) is 18.0 Å². The van der Waals surface area contributed by atoms with E-state index in [0.717, 1.165) is 0 Å². The molecule has 2 aromatic rings. The van der Waals surface area contributed by atoms with Crippen LogP contribution in [0, 0.1) is 0 Å². The van der Waals surface area contributed by atoms with E-state index in [0.29, 0.717) is 10.7 Å². The van der Waals surface area contributed by atoms with E-state index >= 15 is 0 Å². The van der Waals surface area contributed by atoms with Crippen molar-refractivity contribution in [3.8, 4) is 0 Å². The van der Waals surface area contributed by atoms with Gasteiger partial charge in [0.25, 0.3) is 0 Å². The summed E-state index contributed by atoms with van der Waals surface area (Å²) >= 11 is 5.78. The molecule has 0 saturated carbocycles. The highest BCUT2D eigenvalue weighted by atomic mass is 35.5. The molecule has 138 valence electrons. The molecule has 0 heterocycles. The molecular weight excluding hydrogens is 376 g/mol. The van der Waals surface area contributed by atoms with Gasteiger partial charge in [-0.25, -0.2) is 8.42 Å². The number of carbonyl (C=O) groups is 2. The normalized spacial score (nSPS) is 11.0. The quantitative estimate of drug-likeness (QED) is 0.782. The van der Waals surface area contributed by atoms with Crippen LogP contribution in [0.4, 0.5) is 5.69 Å². The predicted molar refractivity (Wildman–Crippen MR) is 101 cm³/mol. The second-order valence-electron chi connectivity index (χ2n) is 5.69. The van der Waals surface area contributed by atoms with Crippen molar-refractivity contribution in [2.75, 3.05) is 24.7 Å². The Labute approximate surface area is 157 Å². The van der Waals surface area contributed by atoms with E-state index in [1.807, 2.05) is 0 Å². The van der Waals surface area contributed by atoms with Crippen LogP contribution in [-0.2, 0) is 19.4 Å². The maximum atomic E-state index is 12.2. The van der Waals surface area contributed by atoms with Crippen LogP contribution >= 0.6 is 11.6 Å². The Morgan fingerprint density at radius 3 is 2.27 bits per heavy atom. The van der Waals surface area contributed by atoms with E-state index in [4.69, 9.17) is 11.6 Å². The third kappa shape index (κ3) is 5.86. The first kappa shape index (κ1) is 19.9. The number of rotatable bonds is 7. The molecule has 0 unspecified atom stereocenters. The Morgan fingerprint density at radius 1 is 1.04 bits per heavy atom. The van der Waals surface area contributed by atoms with Gasteiger partial charge in [0, 0.05) is 24.2 Å². The Bertz CT molecular complexity index is 868. The lowest BCUT2D eigenvalue weighted by molar-refractivity contribution is -0.132. The second-order valence-corrected chi connectivity index (χ2v) is 8.23. The van der Waals surface area contributed by atoms with E-state index in [1.54, 1.807) is 42.5 Å². The van der Waals surface area contributed by atoms with Crippen LogP contribution < -0.4 is 5.32 Å². The maximum Gasteiger partial charge on any atom is 0.243 e. The van der Waals surface area contributed by atoms with Crippen LogP contribution in [0.1, 0.15) is 6.42 Å². The van der Waals surface area contributed by atoms with Crippen molar-refractivity contribution in [3.05, 3.63) is 59.6 Å². The van der Waals surface area contributed by atoms with Gasteiger partial charge in [0.1, 0.15) is 0 Å². The van der Waals surface area contributed by atoms with Crippen molar-refractivity contribution in [3.63, 3.8) is 0 Å². The van der Waals surface area contributed by atoms with Crippen LogP contribution in [0.2, 0.25) is 5.02 Å². The number of likely N-dealkylation sites (N-methyl/N-ethyl adjacent to an activating group) is 1. The molecule has 0 spiro atoms.